The van der Waals surface area contributed by atoms with Gasteiger partial charge in [0.25, 0.3) is 5.91 Å². The highest BCUT2D eigenvalue weighted by atomic mass is 79.9. The third kappa shape index (κ3) is 5.23. The highest BCUT2D eigenvalue weighted by Gasteiger charge is 2.34. The Labute approximate surface area is 219 Å². The molecule has 0 aromatic carbocycles. The summed E-state index contributed by atoms with van der Waals surface area (Å²) in [5.41, 5.74) is 0.921. The van der Waals surface area contributed by atoms with Gasteiger partial charge in [-0.3, -0.25) is 14.4 Å². The second-order valence-corrected chi connectivity index (χ2v) is 9.99. The van der Waals surface area contributed by atoms with E-state index in [9.17, 15) is 14.4 Å². The summed E-state index contributed by atoms with van der Waals surface area (Å²) in [6, 6.07) is 6.64. The molecule has 1 saturated carbocycles. The minimum atomic E-state index is -0.580. The van der Waals surface area contributed by atoms with Gasteiger partial charge in [0, 0.05) is 24.7 Å². The molecule has 188 valence electrons. The number of nitrogens with one attached hydrogen (secondary N) is 2. The van der Waals surface area contributed by atoms with Crippen molar-refractivity contribution >= 4 is 67.9 Å². The Morgan fingerprint density at radius 1 is 1.11 bits per heavy atom. The van der Waals surface area contributed by atoms with Gasteiger partial charge in [0.05, 0.1) is 11.6 Å². The molecule has 2 fully saturated rings. The van der Waals surface area contributed by atoms with Crippen LogP contribution in [-0.2, 0) is 14.3 Å². The van der Waals surface area contributed by atoms with Crippen LogP contribution >= 0.6 is 27.5 Å². The molecule has 5 rings (SSSR count). The number of hydrogen-bond acceptors (Lipinski definition) is 7. The van der Waals surface area contributed by atoms with Crippen molar-refractivity contribution in [2.75, 3.05) is 30.4 Å². The van der Waals surface area contributed by atoms with Crippen LogP contribution in [0, 0.1) is 5.92 Å². The number of amides is 3. The smallest absolute Gasteiger partial charge is 0.294 e. The van der Waals surface area contributed by atoms with Crippen LogP contribution in [0.5, 0.6) is 0 Å². The van der Waals surface area contributed by atoms with Crippen LogP contribution in [0.15, 0.2) is 39.5 Å². The van der Waals surface area contributed by atoms with E-state index in [0.29, 0.717) is 46.7 Å². The van der Waals surface area contributed by atoms with Crippen molar-refractivity contribution in [2.45, 2.75) is 31.7 Å². The van der Waals surface area contributed by atoms with Crippen LogP contribution in [0.3, 0.4) is 0 Å². The molecule has 3 aromatic heterocycles. The van der Waals surface area contributed by atoms with Gasteiger partial charge < -0.3 is 24.7 Å². The number of nitrogens with zero attached hydrogens (tertiary/aromatic N) is 3. The van der Waals surface area contributed by atoms with E-state index in [1.54, 1.807) is 24.3 Å². The van der Waals surface area contributed by atoms with Crippen molar-refractivity contribution < 1.29 is 23.5 Å². The first-order chi connectivity index (χ1) is 17.4. The van der Waals surface area contributed by atoms with Gasteiger partial charge in [-0.2, -0.15) is 0 Å². The third-order valence-electron chi connectivity index (χ3n) is 6.45. The minimum Gasteiger partial charge on any atom is -0.447 e. The number of carbonyl (C=O) groups is 3. The maximum absolute atomic E-state index is 13.3. The summed E-state index contributed by atoms with van der Waals surface area (Å²) in [5.74, 6) is -0.848. The molecular weight excluding hydrogens is 554 g/mol. The van der Waals surface area contributed by atoms with Crippen molar-refractivity contribution in [1.29, 1.82) is 0 Å². The molecule has 12 heteroatoms. The Morgan fingerprint density at radius 2 is 1.92 bits per heavy atom. The maximum Gasteiger partial charge on any atom is 0.294 e. The number of ether oxygens (including phenoxy) is 1. The molecule has 1 aliphatic carbocycles. The van der Waals surface area contributed by atoms with Crippen molar-refractivity contribution in [2.24, 2.45) is 5.92 Å². The molecule has 0 bridgehead atoms. The number of rotatable bonds is 5. The van der Waals surface area contributed by atoms with Crippen molar-refractivity contribution in [3.05, 3.63) is 45.8 Å². The second-order valence-electron chi connectivity index (χ2n) is 8.74. The highest BCUT2D eigenvalue weighted by molar-refractivity contribution is 9.10. The zero-order valence-corrected chi connectivity index (χ0v) is 21.5. The number of halogens is 2. The van der Waals surface area contributed by atoms with Gasteiger partial charge in [-0.05, 0) is 65.9 Å². The number of fused-ring (bicyclic) bond motifs is 1. The van der Waals surface area contributed by atoms with E-state index in [4.69, 9.17) is 20.8 Å². The second kappa shape index (κ2) is 10.5. The molecular formula is C24H23BrClN5O5. The fourth-order valence-electron chi connectivity index (χ4n) is 4.64. The lowest BCUT2D eigenvalue weighted by Crippen LogP contribution is -2.49. The molecule has 3 aromatic rings. The number of aromatic nitrogens is 2. The molecule has 2 N–H and O–H groups in total. The van der Waals surface area contributed by atoms with Gasteiger partial charge in [0.1, 0.15) is 28.2 Å². The van der Waals surface area contributed by atoms with Gasteiger partial charge in [-0.15, -0.1) is 0 Å². The van der Waals surface area contributed by atoms with Gasteiger partial charge in [-0.25, -0.2) is 9.97 Å². The lowest BCUT2D eigenvalue weighted by atomic mass is 9.84. The van der Waals surface area contributed by atoms with Crippen molar-refractivity contribution in [3.63, 3.8) is 0 Å². The molecule has 0 unspecified atom stereocenters. The fraction of sp³-hybridized carbons (Fsp3) is 0.375. The average Bonchev–Trinajstić information content (AvgIpc) is 3.23. The first-order valence-corrected chi connectivity index (χ1v) is 12.8. The van der Waals surface area contributed by atoms with Gasteiger partial charge in [-0.1, -0.05) is 11.6 Å². The molecule has 1 aliphatic heterocycles. The molecule has 4 heterocycles. The number of morpholine rings is 1. The zero-order valence-electron chi connectivity index (χ0n) is 19.1. The standard InChI is InChI=1S/C24H23BrClN5O5/c25-17-7-6-16-20(28-17)21(22(36-16)24(34)29-18-8-3-14(26)11-27-18)30-23(33)13-1-4-15(5-2-13)31-9-10-35-12-19(31)32/h3,6-8,11,13,15H,1-2,4-5,9-10,12H2,(H,30,33)(H,27,29,34). The van der Waals surface area contributed by atoms with Crippen LogP contribution in [0.1, 0.15) is 36.2 Å². The Kier molecular flexibility index (Phi) is 7.22. The van der Waals surface area contributed by atoms with Gasteiger partial charge in [0.15, 0.2) is 5.58 Å². The molecule has 0 spiro atoms. The SMILES string of the molecule is O=C(Nc1ccc(Cl)cn1)c1oc2ccc(Br)nc2c1NC(=O)C1CCC(N2CCOCC2=O)CC1. The Balaban J connectivity index is 1.33. The summed E-state index contributed by atoms with van der Waals surface area (Å²) < 4.78 is 11.5. The first-order valence-electron chi connectivity index (χ1n) is 11.6. The number of anilines is 2. The zero-order chi connectivity index (χ0) is 25.2. The summed E-state index contributed by atoms with van der Waals surface area (Å²) in [7, 11) is 0. The normalized spacial score (nSPS) is 20.4. The first kappa shape index (κ1) is 24.7. The van der Waals surface area contributed by atoms with Crippen molar-refractivity contribution in [3.8, 4) is 0 Å². The van der Waals surface area contributed by atoms with Crippen LogP contribution in [0.4, 0.5) is 11.5 Å². The van der Waals surface area contributed by atoms with Crippen molar-refractivity contribution in [1.82, 2.24) is 14.9 Å². The minimum absolute atomic E-state index is 0.00139. The maximum atomic E-state index is 13.3. The van der Waals surface area contributed by atoms with Crippen LogP contribution in [0.2, 0.25) is 5.02 Å². The predicted molar refractivity (Wildman–Crippen MR) is 136 cm³/mol. The largest absolute Gasteiger partial charge is 0.447 e. The molecule has 0 radical (unpaired) electrons. The number of pyridine rings is 2. The van der Waals surface area contributed by atoms with E-state index < -0.39 is 5.91 Å². The number of carbonyl (C=O) groups excluding carboxylic acids is 3. The van der Waals surface area contributed by atoms with Crippen LogP contribution < -0.4 is 10.6 Å². The van der Waals surface area contributed by atoms with Gasteiger partial charge >= 0.3 is 0 Å². The van der Waals surface area contributed by atoms with Gasteiger partial charge in [0.2, 0.25) is 17.6 Å². The molecule has 3 amide bonds. The van der Waals surface area contributed by atoms with Crippen LogP contribution in [-0.4, -0.2) is 58.4 Å². The molecule has 0 atom stereocenters. The van der Waals surface area contributed by atoms with E-state index in [-0.39, 0.29) is 47.6 Å². The van der Waals surface area contributed by atoms with Crippen LogP contribution in [0.25, 0.3) is 11.1 Å². The number of furan rings is 1. The third-order valence-corrected chi connectivity index (χ3v) is 7.12. The summed E-state index contributed by atoms with van der Waals surface area (Å²) in [5, 5.41) is 5.99. The molecule has 36 heavy (non-hydrogen) atoms. The summed E-state index contributed by atoms with van der Waals surface area (Å²) >= 11 is 9.21. The van der Waals surface area contributed by atoms with E-state index in [2.05, 4.69) is 36.5 Å². The topological polar surface area (TPSA) is 127 Å². The Hall–Kier alpha value is -3.02. The summed E-state index contributed by atoms with van der Waals surface area (Å²) in [6.07, 6.45) is 4.14. The van der Waals surface area contributed by atoms with E-state index in [1.807, 2.05) is 4.90 Å². The van der Waals surface area contributed by atoms with E-state index in [0.717, 1.165) is 12.8 Å². The Morgan fingerprint density at radius 3 is 2.64 bits per heavy atom. The average molecular weight is 577 g/mol. The lowest BCUT2D eigenvalue weighted by molar-refractivity contribution is -0.146. The monoisotopic (exact) mass is 575 g/mol. The van der Waals surface area contributed by atoms with E-state index >= 15 is 0 Å². The molecule has 1 saturated heterocycles. The molecule has 2 aliphatic rings. The highest BCUT2D eigenvalue weighted by Crippen LogP contribution is 2.34. The molecule has 10 nitrogen and oxygen atoms in total. The lowest BCUT2D eigenvalue weighted by Gasteiger charge is -2.38. The quantitative estimate of drug-likeness (QED) is 0.435. The van der Waals surface area contributed by atoms with E-state index in [1.165, 1.54) is 6.20 Å². The fourth-order valence-corrected chi connectivity index (χ4v) is 5.06. The summed E-state index contributed by atoms with van der Waals surface area (Å²) in [4.78, 5) is 48.9. The Bertz CT molecular complexity index is 1310. The number of hydrogen-bond donors (Lipinski definition) is 2. The summed E-state index contributed by atoms with van der Waals surface area (Å²) in [6.45, 7) is 1.24. The predicted octanol–water partition coefficient (Wildman–Crippen LogP) is 4.25.